The lowest BCUT2D eigenvalue weighted by Gasteiger charge is -2.08. The number of anilines is 3. The topological polar surface area (TPSA) is 49.8 Å². The molecule has 2 aromatic rings. The molecule has 0 spiro atoms. The average Bonchev–Trinajstić information content (AvgIpc) is 2.28. The second kappa shape index (κ2) is 5.82. The first-order chi connectivity index (χ1) is 8.67. The molecule has 5 heteroatoms. The number of halogens is 1. The van der Waals surface area contributed by atoms with Crippen LogP contribution in [0.1, 0.15) is 12.5 Å². The lowest BCUT2D eigenvalue weighted by molar-refractivity contribution is 1.12. The molecule has 0 amide bonds. The summed E-state index contributed by atoms with van der Waals surface area (Å²) in [6, 6.07) is 6.13. The van der Waals surface area contributed by atoms with Crippen molar-refractivity contribution in [2.75, 3.05) is 17.2 Å². The van der Waals surface area contributed by atoms with Crippen molar-refractivity contribution in [2.24, 2.45) is 0 Å². The van der Waals surface area contributed by atoms with Gasteiger partial charge in [0, 0.05) is 16.7 Å². The summed E-state index contributed by atoms with van der Waals surface area (Å²) >= 11 is 3.48. The van der Waals surface area contributed by atoms with Crippen LogP contribution in [0.15, 0.2) is 35.1 Å². The van der Waals surface area contributed by atoms with E-state index in [1.165, 1.54) is 5.56 Å². The van der Waals surface area contributed by atoms with Gasteiger partial charge in [-0.3, -0.25) is 4.98 Å². The predicted molar refractivity (Wildman–Crippen MR) is 78.4 cm³/mol. The summed E-state index contributed by atoms with van der Waals surface area (Å²) in [5.41, 5.74) is 2.17. The fourth-order valence-electron chi connectivity index (χ4n) is 1.65. The number of aryl methyl sites for hydroxylation is 1. The molecule has 18 heavy (non-hydrogen) atoms. The highest BCUT2D eigenvalue weighted by molar-refractivity contribution is 9.10. The lowest BCUT2D eigenvalue weighted by Crippen LogP contribution is -2.02. The van der Waals surface area contributed by atoms with E-state index in [2.05, 4.69) is 55.6 Å². The van der Waals surface area contributed by atoms with Gasteiger partial charge < -0.3 is 10.6 Å². The molecule has 0 aliphatic heterocycles. The van der Waals surface area contributed by atoms with Crippen LogP contribution in [0.25, 0.3) is 0 Å². The maximum Gasteiger partial charge on any atom is 0.151 e. The molecule has 0 atom stereocenters. The van der Waals surface area contributed by atoms with Gasteiger partial charge in [0.1, 0.15) is 5.82 Å². The molecule has 4 nitrogen and oxygen atoms in total. The van der Waals surface area contributed by atoms with Crippen LogP contribution in [0.5, 0.6) is 0 Å². The number of hydrogen-bond donors (Lipinski definition) is 2. The molecule has 0 fully saturated rings. The molecule has 0 saturated heterocycles. The van der Waals surface area contributed by atoms with E-state index in [9.17, 15) is 0 Å². The van der Waals surface area contributed by atoms with E-state index in [1.54, 1.807) is 12.4 Å². The Morgan fingerprint density at radius 2 is 1.94 bits per heavy atom. The van der Waals surface area contributed by atoms with Crippen LogP contribution in [-0.4, -0.2) is 16.5 Å². The third kappa shape index (κ3) is 3.43. The third-order valence-electron chi connectivity index (χ3n) is 2.31. The van der Waals surface area contributed by atoms with Crippen molar-refractivity contribution >= 4 is 33.3 Å². The maximum atomic E-state index is 4.42. The minimum absolute atomic E-state index is 0.728. The van der Waals surface area contributed by atoms with Gasteiger partial charge >= 0.3 is 0 Å². The smallest absolute Gasteiger partial charge is 0.151 e. The van der Waals surface area contributed by atoms with Gasteiger partial charge in [0.25, 0.3) is 0 Å². The summed E-state index contributed by atoms with van der Waals surface area (Å²) in [6.45, 7) is 4.91. The molecule has 0 aliphatic rings. The summed E-state index contributed by atoms with van der Waals surface area (Å²) in [5, 5.41) is 6.37. The maximum absolute atomic E-state index is 4.42. The molecule has 1 aromatic carbocycles. The van der Waals surface area contributed by atoms with Crippen molar-refractivity contribution in [3.63, 3.8) is 0 Å². The Kier molecular flexibility index (Phi) is 4.15. The van der Waals surface area contributed by atoms with Crippen molar-refractivity contribution in [1.29, 1.82) is 0 Å². The van der Waals surface area contributed by atoms with Crippen LogP contribution < -0.4 is 10.6 Å². The van der Waals surface area contributed by atoms with Gasteiger partial charge in [0.2, 0.25) is 0 Å². The Morgan fingerprint density at radius 1 is 1.17 bits per heavy atom. The first kappa shape index (κ1) is 12.8. The SMILES string of the molecule is CCNc1cncc(Nc2cc(C)cc(Br)c2)n1. The quantitative estimate of drug-likeness (QED) is 0.904. The highest BCUT2D eigenvalue weighted by atomic mass is 79.9. The second-order valence-corrected chi connectivity index (χ2v) is 4.88. The molecule has 94 valence electrons. The minimum Gasteiger partial charge on any atom is -0.369 e. The van der Waals surface area contributed by atoms with E-state index < -0.39 is 0 Å². The van der Waals surface area contributed by atoms with Crippen molar-refractivity contribution in [3.8, 4) is 0 Å². The van der Waals surface area contributed by atoms with Crippen LogP contribution in [0.3, 0.4) is 0 Å². The Morgan fingerprint density at radius 3 is 2.67 bits per heavy atom. The molecule has 0 saturated carbocycles. The van der Waals surface area contributed by atoms with Gasteiger partial charge in [-0.25, -0.2) is 4.98 Å². The van der Waals surface area contributed by atoms with Crippen LogP contribution >= 0.6 is 15.9 Å². The zero-order valence-corrected chi connectivity index (χ0v) is 12.0. The zero-order chi connectivity index (χ0) is 13.0. The van der Waals surface area contributed by atoms with Crippen LogP contribution in [0.2, 0.25) is 0 Å². The molecule has 0 aliphatic carbocycles. The monoisotopic (exact) mass is 306 g/mol. The van der Waals surface area contributed by atoms with E-state index >= 15 is 0 Å². The summed E-state index contributed by atoms with van der Waals surface area (Å²) < 4.78 is 1.04. The largest absolute Gasteiger partial charge is 0.369 e. The molecule has 1 aromatic heterocycles. The summed E-state index contributed by atoms with van der Waals surface area (Å²) in [4.78, 5) is 8.56. The van der Waals surface area contributed by atoms with E-state index in [0.29, 0.717) is 0 Å². The number of rotatable bonds is 4. The molecule has 0 unspecified atom stereocenters. The summed E-state index contributed by atoms with van der Waals surface area (Å²) in [7, 11) is 0. The van der Waals surface area contributed by atoms with E-state index in [1.807, 2.05) is 13.0 Å². The number of aromatic nitrogens is 2. The molecular weight excluding hydrogens is 292 g/mol. The number of nitrogens with one attached hydrogen (secondary N) is 2. The van der Waals surface area contributed by atoms with Crippen molar-refractivity contribution in [2.45, 2.75) is 13.8 Å². The Bertz CT molecular complexity index is 522. The van der Waals surface area contributed by atoms with Gasteiger partial charge in [-0.1, -0.05) is 15.9 Å². The van der Waals surface area contributed by atoms with Gasteiger partial charge in [-0.2, -0.15) is 0 Å². The van der Waals surface area contributed by atoms with Crippen LogP contribution in [0, 0.1) is 6.92 Å². The van der Waals surface area contributed by atoms with E-state index in [4.69, 9.17) is 0 Å². The van der Waals surface area contributed by atoms with Gasteiger partial charge in [0.05, 0.1) is 12.4 Å². The fourth-order valence-corrected chi connectivity index (χ4v) is 2.26. The molecule has 1 heterocycles. The average molecular weight is 307 g/mol. The summed E-state index contributed by atoms with van der Waals surface area (Å²) in [5.74, 6) is 1.50. The Hall–Kier alpha value is -1.62. The fraction of sp³-hybridized carbons (Fsp3) is 0.231. The highest BCUT2D eigenvalue weighted by Gasteiger charge is 2.00. The minimum atomic E-state index is 0.728. The first-order valence-electron chi connectivity index (χ1n) is 5.77. The standard InChI is InChI=1S/C13H15BrN4/c1-3-16-12-7-15-8-13(18-12)17-11-5-9(2)4-10(14)6-11/h4-8H,3H2,1-2H3,(H2,16,17,18). The lowest BCUT2D eigenvalue weighted by atomic mass is 10.2. The van der Waals surface area contributed by atoms with E-state index in [0.717, 1.165) is 28.3 Å². The number of benzene rings is 1. The normalized spacial score (nSPS) is 10.2. The Labute approximate surface area is 115 Å². The Balaban J connectivity index is 2.20. The zero-order valence-electron chi connectivity index (χ0n) is 10.4. The van der Waals surface area contributed by atoms with Crippen LogP contribution in [-0.2, 0) is 0 Å². The van der Waals surface area contributed by atoms with Crippen molar-refractivity contribution in [1.82, 2.24) is 9.97 Å². The van der Waals surface area contributed by atoms with Gasteiger partial charge in [-0.05, 0) is 37.6 Å². The molecular formula is C13H15BrN4. The third-order valence-corrected chi connectivity index (χ3v) is 2.76. The van der Waals surface area contributed by atoms with Crippen LogP contribution in [0.4, 0.5) is 17.3 Å². The predicted octanol–water partition coefficient (Wildman–Crippen LogP) is 3.72. The molecule has 0 radical (unpaired) electrons. The number of hydrogen-bond acceptors (Lipinski definition) is 4. The van der Waals surface area contributed by atoms with Gasteiger partial charge in [-0.15, -0.1) is 0 Å². The van der Waals surface area contributed by atoms with E-state index in [-0.39, 0.29) is 0 Å². The molecule has 0 bridgehead atoms. The number of nitrogens with zero attached hydrogens (tertiary/aromatic N) is 2. The summed E-state index contributed by atoms with van der Waals surface area (Å²) in [6.07, 6.45) is 3.41. The first-order valence-corrected chi connectivity index (χ1v) is 6.57. The highest BCUT2D eigenvalue weighted by Crippen LogP contribution is 2.22. The molecule has 2 rings (SSSR count). The van der Waals surface area contributed by atoms with Gasteiger partial charge in [0.15, 0.2) is 5.82 Å². The molecule has 2 N–H and O–H groups in total. The second-order valence-electron chi connectivity index (χ2n) is 3.96. The van der Waals surface area contributed by atoms with Crippen molar-refractivity contribution in [3.05, 3.63) is 40.6 Å². The van der Waals surface area contributed by atoms with Crippen molar-refractivity contribution < 1.29 is 0 Å².